The van der Waals surface area contributed by atoms with Gasteiger partial charge in [-0.3, -0.25) is 4.79 Å². The van der Waals surface area contributed by atoms with Crippen molar-refractivity contribution in [2.24, 2.45) is 0 Å². The summed E-state index contributed by atoms with van der Waals surface area (Å²) >= 11 is 0. The number of carbonyl (C=O) groups is 1. The van der Waals surface area contributed by atoms with E-state index >= 15 is 0 Å². The molecule has 0 aliphatic rings. The quantitative estimate of drug-likeness (QED) is 0.776. The molecule has 0 aliphatic heterocycles. The lowest BCUT2D eigenvalue weighted by Gasteiger charge is -2.03. The second-order valence-corrected chi connectivity index (χ2v) is 5.41. The SMILES string of the molecule is CNC(=O)CCc1nc2c(C)cc(-c3ccccc3)cc2[nH]1. The predicted octanol–water partition coefficient (Wildman–Crippen LogP) is 3.22. The molecule has 0 saturated heterocycles. The maximum Gasteiger partial charge on any atom is 0.220 e. The Labute approximate surface area is 129 Å². The van der Waals surface area contributed by atoms with Crippen molar-refractivity contribution in [2.45, 2.75) is 19.8 Å². The molecule has 0 atom stereocenters. The first kappa shape index (κ1) is 14.3. The third kappa shape index (κ3) is 2.86. The number of aryl methyl sites for hydroxylation is 2. The molecule has 4 nitrogen and oxygen atoms in total. The number of benzene rings is 2. The molecule has 3 rings (SSSR count). The lowest BCUT2D eigenvalue weighted by atomic mass is 10.0. The number of H-pyrrole nitrogens is 1. The molecule has 1 amide bonds. The number of carbonyl (C=O) groups excluding carboxylic acids is 1. The first-order valence-corrected chi connectivity index (χ1v) is 7.42. The zero-order valence-electron chi connectivity index (χ0n) is 12.8. The Morgan fingerprint density at radius 1 is 1.18 bits per heavy atom. The highest BCUT2D eigenvalue weighted by molar-refractivity contribution is 5.85. The summed E-state index contributed by atoms with van der Waals surface area (Å²) in [4.78, 5) is 19.3. The molecule has 112 valence electrons. The molecular formula is C18H19N3O. The van der Waals surface area contributed by atoms with Crippen molar-refractivity contribution in [2.75, 3.05) is 7.05 Å². The summed E-state index contributed by atoms with van der Waals surface area (Å²) in [5, 5.41) is 2.63. The standard InChI is InChI=1S/C18H19N3O/c1-12-10-14(13-6-4-3-5-7-13)11-15-18(12)21-16(20-15)8-9-17(22)19-2/h3-7,10-11H,8-9H2,1-2H3,(H,19,22)(H,20,21). The number of nitrogens with one attached hydrogen (secondary N) is 2. The normalized spacial score (nSPS) is 10.8. The van der Waals surface area contributed by atoms with Gasteiger partial charge in [0.15, 0.2) is 0 Å². The molecule has 0 unspecified atom stereocenters. The monoisotopic (exact) mass is 293 g/mol. The molecule has 2 aromatic carbocycles. The maximum absolute atomic E-state index is 11.4. The second kappa shape index (κ2) is 6.02. The largest absolute Gasteiger partial charge is 0.359 e. The van der Waals surface area contributed by atoms with Gasteiger partial charge in [-0.05, 0) is 35.7 Å². The van der Waals surface area contributed by atoms with Gasteiger partial charge in [-0.2, -0.15) is 0 Å². The lowest BCUT2D eigenvalue weighted by molar-refractivity contribution is -0.120. The average Bonchev–Trinajstić information content (AvgIpc) is 2.97. The van der Waals surface area contributed by atoms with Crippen molar-refractivity contribution < 1.29 is 4.79 Å². The highest BCUT2D eigenvalue weighted by atomic mass is 16.1. The van der Waals surface area contributed by atoms with Crippen LogP contribution >= 0.6 is 0 Å². The van der Waals surface area contributed by atoms with Crippen LogP contribution in [0.1, 0.15) is 17.8 Å². The fourth-order valence-electron chi connectivity index (χ4n) is 2.61. The van der Waals surface area contributed by atoms with Gasteiger partial charge in [-0.1, -0.05) is 30.3 Å². The van der Waals surface area contributed by atoms with Crippen LogP contribution in [0.3, 0.4) is 0 Å². The Hall–Kier alpha value is -2.62. The summed E-state index contributed by atoms with van der Waals surface area (Å²) in [7, 11) is 1.65. The van der Waals surface area contributed by atoms with Crippen LogP contribution in [0.5, 0.6) is 0 Å². The highest BCUT2D eigenvalue weighted by Gasteiger charge is 2.09. The molecule has 4 heteroatoms. The molecular weight excluding hydrogens is 274 g/mol. The number of aromatic amines is 1. The third-order valence-corrected chi connectivity index (χ3v) is 3.80. The van der Waals surface area contributed by atoms with Gasteiger partial charge in [-0.15, -0.1) is 0 Å². The maximum atomic E-state index is 11.4. The molecule has 3 aromatic rings. The van der Waals surface area contributed by atoms with E-state index in [4.69, 9.17) is 0 Å². The molecule has 2 N–H and O–H groups in total. The van der Waals surface area contributed by atoms with Gasteiger partial charge in [0, 0.05) is 19.9 Å². The average molecular weight is 293 g/mol. The number of amides is 1. The van der Waals surface area contributed by atoms with Gasteiger partial charge in [0.25, 0.3) is 0 Å². The summed E-state index contributed by atoms with van der Waals surface area (Å²) in [5.74, 6) is 0.883. The summed E-state index contributed by atoms with van der Waals surface area (Å²) in [6, 6.07) is 14.6. The number of hydrogen-bond donors (Lipinski definition) is 2. The Morgan fingerprint density at radius 2 is 1.95 bits per heavy atom. The number of hydrogen-bond acceptors (Lipinski definition) is 2. The summed E-state index contributed by atoms with van der Waals surface area (Å²) in [6.07, 6.45) is 1.06. The number of fused-ring (bicyclic) bond motifs is 1. The summed E-state index contributed by atoms with van der Waals surface area (Å²) < 4.78 is 0. The Morgan fingerprint density at radius 3 is 2.68 bits per heavy atom. The Bertz CT molecular complexity index is 806. The first-order valence-electron chi connectivity index (χ1n) is 7.42. The molecule has 1 heterocycles. The molecule has 0 spiro atoms. The molecule has 0 saturated carbocycles. The fourth-order valence-corrected chi connectivity index (χ4v) is 2.61. The minimum Gasteiger partial charge on any atom is -0.359 e. The van der Waals surface area contributed by atoms with Gasteiger partial charge in [-0.25, -0.2) is 4.98 Å². The van der Waals surface area contributed by atoms with Crippen LogP contribution in [0.2, 0.25) is 0 Å². The van der Waals surface area contributed by atoms with E-state index in [2.05, 4.69) is 46.5 Å². The van der Waals surface area contributed by atoms with E-state index in [1.165, 1.54) is 11.1 Å². The van der Waals surface area contributed by atoms with Crippen LogP contribution in [-0.2, 0) is 11.2 Å². The minimum absolute atomic E-state index is 0.0298. The Kier molecular flexibility index (Phi) is 3.92. The van der Waals surface area contributed by atoms with Crippen molar-refractivity contribution in [1.29, 1.82) is 0 Å². The van der Waals surface area contributed by atoms with Crippen LogP contribution < -0.4 is 5.32 Å². The molecule has 0 aliphatic carbocycles. The van der Waals surface area contributed by atoms with Gasteiger partial charge in [0.2, 0.25) is 5.91 Å². The number of aromatic nitrogens is 2. The van der Waals surface area contributed by atoms with Crippen LogP contribution in [0.4, 0.5) is 0 Å². The van der Waals surface area contributed by atoms with Crippen molar-refractivity contribution in [3.05, 3.63) is 53.9 Å². The summed E-state index contributed by atoms with van der Waals surface area (Å²) in [5.41, 5.74) is 5.50. The zero-order chi connectivity index (χ0) is 15.5. The van der Waals surface area contributed by atoms with Crippen LogP contribution in [0.25, 0.3) is 22.2 Å². The van der Waals surface area contributed by atoms with Crippen molar-refractivity contribution >= 4 is 16.9 Å². The molecule has 0 bridgehead atoms. The fraction of sp³-hybridized carbons (Fsp3) is 0.222. The van der Waals surface area contributed by atoms with Crippen molar-refractivity contribution in [1.82, 2.24) is 15.3 Å². The van der Waals surface area contributed by atoms with E-state index in [9.17, 15) is 4.79 Å². The molecule has 0 radical (unpaired) electrons. The van der Waals surface area contributed by atoms with E-state index in [0.29, 0.717) is 12.8 Å². The van der Waals surface area contributed by atoms with Crippen LogP contribution in [0, 0.1) is 6.92 Å². The molecule has 0 fully saturated rings. The van der Waals surface area contributed by atoms with E-state index in [1.54, 1.807) is 7.05 Å². The summed E-state index contributed by atoms with van der Waals surface area (Å²) in [6.45, 7) is 2.07. The molecule has 22 heavy (non-hydrogen) atoms. The first-order chi connectivity index (χ1) is 10.7. The topological polar surface area (TPSA) is 57.8 Å². The second-order valence-electron chi connectivity index (χ2n) is 5.41. The minimum atomic E-state index is 0.0298. The van der Waals surface area contributed by atoms with E-state index in [1.807, 2.05) is 18.2 Å². The number of nitrogens with zero attached hydrogens (tertiary/aromatic N) is 1. The van der Waals surface area contributed by atoms with Gasteiger partial charge >= 0.3 is 0 Å². The van der Waals surface area contributed by atoms with Gasteiger partial charge in [0.05, 0.1) is 11.0 Å². The predicted molar refractivity (Wildman–Crippen MR) is 88.7 cm³/mol. The zero-order valence-corrected chi connectivity index (χ0v) is 12.8. The van der Waals surface area contributed by atoms with E-state index < -0.39 is 0 Å². The van der Waals surface area contributed by atoms with Crippen molar-refractivity contribution in [3.8, 4) is 11.1 Å². The smallest absolute Gasteiger partial charge is 0.220 e. The van der Waals surface area contributed by atoms with Crippen molar-refractivity contribution in [3.63, 3.8) is 0 Å². The van der Waals surface area contributed by atoms with Gasteiger partial charge < -0.3 is 10.3 Å². The third-order valence-electron chi connectivity index (χ3n) is 3.80. The van der Waals surface area contributed by atoms with E-state index in [0.717, 1.165) is 22.4 Å². The lowest BCUT2D eigenvalue weighted by Crippen LogP contribution is -2.18. The van der Waals surface area contributed by atoms with Gasteiger partial charge in [0.1, 0.15) is 5.82 Å². The number of imidazole rings is 1. The van der Waals surface area contributed by atoms with Crippen LogP contribution in [-0.4, -0.2) is 22.9 Å². The Balaban J connectivity index is 1.95. The van der Waals surface area contributed by atoms with Crippen LogP contribution in [0.15, 0.2) is 42.5 Å². The van der Waals surface area contributed by atoms with E-state index in [-0.39, 0.29) is 5.91 Å². The number of rotatable bonds is 4. The molecule has 1 aromatic heterocycles. The highest BCUT2D eigenvalue weighted by Crippen LogP contribution is 2.26.